The van der Waals surface area contributed by atoms with Gasteiger partial charge in [-0.25, -0.2) is 0 Å². The van der Waals surface area contributed by atoms with Crippen LogP contribution in [0.5, 0.6) is 0 Å². The van der Waals surface area contributed by atoms with Crippen LogP contribution >= 0.6 is 0 Å². The number of hydrogen-bond acceptors (Lipinski definition) is 2. The highest BCUT2D eigenvalue weighted by Gasteiger charge is 2.30. The smallest absolute Gasteiger partial charge is 0.0808 e. The second-order valence-corrected chi connectivity index (χ2v) is 6.55. The molecule has 1 saturated carbocycles. The fourth-order valence-electron chi connectivity index (χ4n) is 3.73. The summed E-state index contributed by atoms with van der Waals surface area (Å²) in [5.74, 6) is 0. The summed E-state index contributed by atoms with van der Waals surface area (Å²) < 4.78 is 6.32. The average Bonchev–Trinajstić information content (AvgIpc) is 2.82. The SMILES string of the molecule is NCC1(OCc2ccc3c(c2)CCC3)CCCCCC1. The Morgan fingerprint density at radius 2 is 1.70 bits per heavy atom. The summed E-state index contributed by atoms with van der Waals surface area (Å²) >= 11 is 0. The van der Waals surface area contributed by atoms with E-state index in [1.54, 1.807) is 0 Å². The molecule has 0 aromatic heterocycles. The number of aryl methyl sites for hydroxylation is 2. The molecule has 110 valence electrons. The Morgan fingerprint density at radius 1 is 0.950 bits per heavy atom. The maximum absolute atomic E-state index is 6.32. The van der Waals surface area contributed by atoms with Gasteiger partial charge in [-0.1, -0.05) is 43.9 Å². The van der Waals surface area contributed by atoms with Gasteiger partial charge >= 0.3 is 0 Å². The number of rotatable bonds is 4. The third-order valence-corrected chi connectivity index (χ3v) is 5.09. The van der Waals surface area contributed by atoms with Crippen LogP contribution in [0.3, 0.4) is 0 Å². The van der Waals surface area contributed by atoms with E-state index < -0.39 is 0 Å². The third-order valence-electron chi connectivity index (χ3n) is 5.09. The maximum atomic E-state index is 6.32. The number of fused-ring (bicyclic) bond motifs is 1. The molecular weight excluding hydrogens is 246 g/mol. The van der Waals surface area contributed by atoms with Gasteiger partial charge in [0.25, 0.3) is 0 Å². The summed E-state index contributed by atoms with van der Waals surface area (Å²) in [6.45, 7) is 1.39. The van der Waals surface area contributed by atoms with E-state index in [1.807, 2.05) is 0 Å². The summed E-state index contributed by atoms with van der Waals surface area (Å²) in [6.07, 6.45) is 11.3. The highest BCUT2D eigenvalue weighted by molar-refractivity contribution is 5.35. The van der Waals surface area contributed by atoms with Gasteiger partial charge < -0.3 is 10.5 Å². The molecule has 0 atom stereocenters. The third kappa shape index (κ3) is 3.07. The molecule has 0 spiro atoms. The molecule has 0 unspecified atom stereocenters. The molecule has 0 saturated heterocycles. The Balaban J connectivity index is 1.65. The van der Waals surface area contributed by atoms with Gasteiger partial charge in [0.15, 0.2) is 0 Å². The van der Waals surface area contributed by atoms with E-state index in [-0.39, 0.29) is 5.60 Å². The number of ether oxygens (including phenoxy) is 1. The van der Waals surface area contributed by atoms with E-state index in [0.29, 0.717) is 6.54 Å². The zero-order valence-corrected chi connectivity index (χ0v) is 12.5. The first-order valence-electron chi connectivity index (χ1n) is 8.26. The molecule has 2 heteroatoms. The molecule has 2 N–H and O–H groups in total. The summed E-state index contributed by atoms with van der Waals surface area (Å²) in [7, 11) is 0. The Kier molecular flexibility index (Phi) is 4.42. The zero-order valence-electron chi connectivity index (χ0n) is 12.5. The van der Waals surface area contributed by atoms with Crippen LogP contribution in [0.25, 0.3) is 0 Å². The lowest BCUT2D eigenvalue weighted by molar-refractivity contribution is -0.0602. The monoisotopic (exact) mass is 273 g/mol. The van der Waals surface area contributed by atoms with Gasteiger partial charge in [-0.05, 0) is 48.8 Å². The molecule has 0 heterocycles. The molecule has 0 amide bonds. The van der Waals surface area contributed by atoms with Crippen molar-refractivity contribution in [2.45, 2.75) is 70.0 Å². The predicted octanol–water partition coefficient (Wildman–Crippen LogP) is 3.74. The van der Waals surface area contributed by atoms with E-state index in [9.17, 15) is 0 Å². The van der Waals surface area contributed by atoms with Crippen molar-refractivity contribution in [1.29, 1.82) is 0 Å². The summed E-state index contributed by atoms with van der Waals surface area (Å²) in [4.78, 5) is 0. The second kappa shape index (κ2) is 6.28. The topological polar surface area (TPSA) is 35.2 Å². The van der Waals surface area contributed by atoms with Crippen molar-refractivity contribution in [2.75, 3.05) is 6.54 Å². The van der Waals surface area contributed by atoms with Crippen LogP contribution in [0.15, 0.2) is 18.2 Å². The van der Waals surface area contributed by atoms with Crippen molar-refractivity contribution in [3.8, 4) is 0 Å². The van der Waals surface area contributed by atoms with Crippen molar-refractivity contribution >= 4 is 0 Å². The van der Waals surface area contributed by atoms with E-state index in [2.05, 4.69) is 18.2 Å². The Bertz CT molecular complexity index is 447. The lowest BCUT2D eigenvalue weighted by atomic mass is 9.94. The second-order valence-electron chi connectivity index (χ2n) is 6.55. The molecule has 0 radical (unpaired) electrons. The van der Waals surface area contributed by atoms with E-state index in [4.69, 9.17) is 10.5 Å². The highest BCUT2D eigenvalue weighted by atomic mass is 16.5. The first kappa shape index (κ1) is 14.1. The summed E-state index contributed by atoms with van der Waals surface area (Å²) in [5, 5.41) is 0. The highest BCUT2D eigenvalue weighted by Crippen LogP contribution is 2.31. The van der Waals surface area contributed by atoms with Crippen LogP contribution < -0.4 is 5.73 Å². The molecule has 2 aliphatic rings. The van der Waals surface area contributed by atoms with Crippen molar-refractivity contribution < 1.29 is 4.74 Å². The van der Waals surface area contributed by atoms with Crippen molar-refractivity contribution in [3.63, 3.8) is 0 Å². The first-order valence-corrected chi connectivity index (χ1v) is 8.26. The Hall–Kier alpha value is -0.860. The number of nitrogens with two attached hydrogens (primary N) is 1. The van der Waals surface area contributed by atoms with Gasteiger partial charge in [0.1, 0.15) is 0 Å². The Morgan fingerprint density at radius 3 is 2.45 bits per heavy atom. The van der Waals surface area contributed by atoms with Gasteiger partial charge in [0.2, 0.25) is 0 Å². The fraction of sp³-hybridized carbons (Fsp3) is 0.667. The minimum atomic E-state index is -0.0600. The fourth-order valence-corrected chi connectivity index (χ4v) is 3.73. The maximum Gasteiger partial charge on any atom is 0.0808 e. The molecule has 0 bridgehead atoms. The van der Waals surface area contributed by atoms with Gasteiger partial charge in [0, 0.05) is 6.54 Å². The minimum absolute atomic E-state index is 0.0600. The van der Waals surface area contributed by atoms with Crippen molar-refractivity contribution in [1.82, 2.24) is 0 Å². The van der Waals surface area contributed by atoms with E-state index >= 15 is 0 Å². The van der Waals surface area contributed by atoms with Crippen molar-refractivity contribution in [2.24, 2.45) is 5.73 Å². The minimum Gasteiger partial charge on any atom is -0.369 e. The van der Waals surface area contributed by atoms with Crippen LogP contribution in [0.2, 0.25) is 0 Å². The number of hydrogen-bond donors (Lipinski definition) is 1. The van der Waals surface area contributed by atoms with Crippen LogP contribution in [-0.2, 0) is 24.2 Å². The zero-order chi connectivity index (χ0) is 13.8. The molecule has 1 fully saturated rings. The largest absolute Gasteiger partial charge is 0.369 e. The Labute approximate surface area is 122 Å². The molecular formula is C18H27NO. The van der Waals surface area contributed by atoms with Gasteiger partial charge in [-0.15, -0.1) is 0 Å². The van der Waals surface area contributed by atoms with E-state index in [1.165, 1.54) is 61.6 Å². The van der Waals surface area contributed by atoms with E-state index in [0.717, 1.165) is 19.4 Å². The molecule has 2 aliphatic carbocycles. The standard InChI is InChI=1S/C18H27NO/c19-14-18(10-3-1-2-4-11-18)20-13-15-8-9-16-6-5-7-17(16)12-15/h8-9,12H,1-7,10-11,13-14,19H2. The molecule has 1 aromatic carbocycles. The molecule has 0 aliphatic heterocycles. The predicted molar refractivity (Wildman–Crippen MR) is 82.7 cm³/mol. The quantitative estimate of drug-likeness (QED) is 0.848. The van der Waals surface area contributed by atoms with Gasteiger partial charge in [0.05, 0.1) is 12.2 Å². The first-order chi connectivity index (χ1) is 9.81. The van der Waals surface area contributed by atoms with Crippen LogP contribution in [-0.4, -0.2) is 12.1 Å². The number of benzene rings is 1. The summed E-state index contributed by atoms with van der Waals surface area (Å²) in [6, 6.07) is 6.89. The lowest BCUT2D eigenvalue weighted by Gasteiger charge is -2.31. The van der Waals surface area contributed by atoms with Crippen LogP contribution in [0.4, 0.5) is 0 Å². The van der Waals surface area contributed by atoms with Gasteiger partial charge in [-0.2, -0.15) is 0 Å². The van der Waals surface area contributed by atoms with Crippen molar-refractivity contribution in [3.05, 3.63) is 34.9 Å². The summed E-state index contributed by atoms with van der Waals surface area (Å²) in [5.41, 5.74) is 10.4. The van der Waals surface area contributed by atoms with Crippen LogP contribution in [0, 0.1) is 0 Å². The normalized spacial score (nSPS) is 21.4. The molecule has 2 nitrogen and oxygen atoms in total. The lowest BCUT2D eigenvalue weighted by Crippen LogP contribution is -2.40. The molecule has 1 aromatic rings. The van der Waals surface area contributed by atoms with Gasteiger partial charge in [-0.3, -0.25) is 0 Å². The molecule has 20 heavy (non-hydrogen) atoms. The molecule has 3 rings (SSSR count). The average molecular weight is 273 g/mol. The van der Waals surface area contributed by atoms with Crippen LogP contribution in [0.1, 0.15) is 61.6 Å².